The van der Waals surface area contributed by atoms with Crippen molar-refractivity contribution in [3.05, 3.63) is 71.8 Å². The lowest BCUT2D eigenvalue weighted by molar-refractivity contribution is -0.131. The van der Waals surface area contributed by atoms with E-state index in [1.165, 1.54) is 12.5 Å². The van der Waals surface area contributed by atoms with Crippen LogP contribution in [0.2, 0.25) is 0 Å². The summed E-state index contributed by atoms with van der Waals surface area (Å²) in [7, 11) is 0. The molecule has 0 heterocycles. The van der Waals surface area contributed by atoms with Gasteiger partial charge in [-0.15, -0.1) is 0 Å². The molecular weight excluding hydrogens is 348 g/mol. The van der Waals surface area contributed by atoms with E-state index in [1.807, 2.05) is 48.5 Å². The van der Waals surface area contributed by atoms with Crippen LogP contribution in [0.3, 0.4) is 0 Å². The second kappa shape index (κ2) is 8.05. The van der Waals surface area contributed by atoms with E-state index in [0.717, 1.165) is 28.5 Å². The van der Waals surface area contributed by atoms with Crippen molar-refractivity contribution in [2.45, 2.75) is 52.6 Å². The van der Waals surface area contributed by atoms with Crippen molar-refractivity contribution >= 4 is 16.7 Å². The number of hydrogen-bond donors (Lipinski definition) is 0. The molecule has 0 spiro atoms. The normalized spacial score (nSPS) is 12.6. The molecule has 0 radical (unpaired) electrons. The second-order valence-corrected chi connectivity index (χ2v) is 7.74. The summed E-state index contributed by atoms with van der Waals surface area (Å²) in [6.07, 6.45) is 1.12. The van der Waals surface area contributed by atoms with Crippen LogP contribution in [0.5, 0.6) is 11.5 Å². The van der Waals surface area contributed by atoms with Gasteiger partial charge in [-0.1, -0.05) is 56.3 Å². The van der Waals surface area contributed by atoms with Crippen LogP contribution >= 0.6 is 0 Å². The molecule has 1 atom stereocenters. The molecule has 0 aliphatic rings. The molecule has 28 heavy (non-hydrogen) atoms. The molecular formula is C25H28O3. The van der Waals surface area contributed by atoms with Crippen LogP contribution in [0, 0.1) is 0 Å². The standard InChI is InChI=1S/C25H28O3/c1-6-17(2)19-11-13-20(14-12-19)28-25(4,5)23-15-16-24(27-18(3)26)22-10-8-7-9-21(22)23/h7-17H,6H2,1-5H3. The molecule has 0 aliphatic heterocycles. The fraction of sp³-hybridized carbons (Fsp3) is 0.320. The number of rotatable bonds is 6. The van der Waals surface area contributed by atoms with Crippen molar-refractivity contribution in [1.29, 1.82) is 0 Å². The molecule has 0 N–H and O–H groups in total. The zero-order chi connectivity index (χ0) is 20.3. The largest absolute Gasteiger partial charge is 0.483 e. The molecule has 3 aromatic carbocycles. The van der Waals surface area contributed by atoms with Crippen molar-refractivity contribution in [1.82, 2.24) is 0 Å². The van der Waals surface area contributed by atoms with Crippen LogP contribution in [0.25, 0.3) is 10.8 Å². The first kappa shape index (κ1) is 19.9. The van der Waals surface area contributed by atoms with E-state index < -0.39 is 5.60 Å². The van der Waals surface area contributed by atoms with Crippen LogP contribution in [0.4, 0.5) is 0 Å². The van der Waals surface area contributed by atoms with E-state index in [-0.39, 0.29) is 5.97 Å². The Hall–Kier alpha value is -2.81. The van der Waals surface area contributed by atoms with E-state index >= 15 is 0 Å². The van der Waals surface area contributed by atoms with Crippen molar-refractivity contribution in [3.63, 3.8) is 0 Å². The van der Waals surface area contributed by atoms with Gasteiger partial charge < -0.3 is 9.47 Å². The molecule has 0 bridgehead atoms. The number of ether oxygens (including phenoxy) is 2. The fourth-order valence-corrected chi connectivity index (χ4v) is 3.49. The lowest BCUT2D eigenvalue weighted by Gasteiger charge is -2.29. The molecule has 0 aliphatic carbocycles. The van der Waals surface area contributed by atoms with Gasteiger partial charge in [0, 0.05) is 17.9 Å². The summed E-state index contributed by atoms with van der Waals surface area (Å²) in [5, 5.41) is 1.92. The van der Waals surface area contributed by atoms with E-state index in [0.29, 0.717) is 11.7 Å². The Kier molecular flexibility index (Phi) is 5.73. The van der Waals surface area contributed by atoms with Gasteiger partial charge in [0.1, 0.15) is 17.1 Å². The van der Waals surface area contributed by atoms with E-state index in [1.54, 1.807) is 0 Å². The number of hydrogen-bond acceptors (Lipinski definition) is 3. The highest BCUT2D eigenvalue weighted by atomic mass is 16.5. The Balaban J connectivity index is 1.95. The van der Waals surface area contributed by atoms with Crippen molar-refractivity contribution in [2.75, 3.05) is 0 Å². The first-order valence-electron chi connectivity index (χ1n) is 9.81. The highest BCUT2D eigenvalue weighted by Gasteiger charge is 2.26. The molecule has 3 aromatic rings. The van der Waals surface area contributed by atoms with Gasteiger partial charge in [0.2, 0.25) is 0 Å². The zero-order valence-corrected chi connectivity index (χ0v) is 17.3. The SMILES string of the molecule is CCC(C)c1ccc(OC(C)(C)c2ccc(OC(C)=O)c3ccccc23)cc1. The maximum Gasteiger partial charge on any atom is 0.308 e. The number of fused-ring (bicyclic) bond motifs is 1. The average molecular weight is 376 g/mol. The molecule has 0 aromatic heterocycles. The monoisotopic (exact) mass is 376 g/mol. The van der Waals surface area contributed by atoms with E-state index in [2.05, 4.69) is 39.8 Å². The van der Waals surface area contributed by atoms with Gasteiger partial charge in [-0.2, -0.15) is 0 Å². The fourth-order valence-electron chi connectivity index (χ4n) is 3.49. The molecule has 0 amide bonds. The third kappa shape index (κ3) is 4.19. The summed E-state index contributed by atoms with van der Waals surface area (Å²) in [4.78, 5) is 11.4. The molecule has 1 unspecified atom stereocenters. The maximum absolute atomic E-state index is 11.4. The number of esters is 1. The van der Waals surface area contributed by atoms with Gasteiger partial charge in [0.05, 0.1) is 0 Å². The number of benzene rings is 3. The van der Waals surface area contributed by atoms with Gasteiger partial charge in [-0.05, 0) is 55.3 Å². The highest BCUT2D eigenvalue weighted by molar-refractivity contribution is 5.93. The average Bonchev–Trinajstić information content (AvgIpc) is 2.67. The number of carbonyl (C=O) groups excluding carboxylic acids is 1. The topological polar surface area (TPSA) is 35.5 Å². The van der Waals surface area contributed by atoms with Crippen molar-refractivity contribution < 1.29 is 14.3 Å². The Labute approximate surface area is 167 Å². The Bertz CT molecular complexity index is 971. The summed E-state index contributed by atoms with van der Waals surface area (Å²) in [6, 6.07) is 20.1. The molecule has 146 valence electrons. The third-order valence-electron chi connectivity index (χ3n) is 5.22. The Morgan fingerprint density at radius 1 is 0.964 bits per heavy atom. The quantitative estimate of drug-likeness (QED) is 0.359. The van der Waals surface area contributed by atoms with Gasteiger partial charge in [-0.3, -0.25) is 4.79 Å². The molecule has 0 fully saturated rings. The van der Waals surface area contributed by atoms with Crippen molar-refractivity contribution in [2.24, 2.45) is 0 Å². The molecule has 0 saturated heterocycles. The summed E-state index contributed by atoms with van der Waals surface area (Å²) >= 11 is 0. The minimum atomic E-state index is -0.549. The van der Waals surface area contributed by atoms with E-state index in [9.17, 15) is 4.79 Å². The van der Waals surface area contributed by atoms with Gasteiger partial charge in [0.25, 0.3) is 0 Å². The van der Waals surface area contributed by atoms with Crippen LogP contribution in [-0.2, 0) is 10.4 Å². The molecule has 3 rings (SSSR count). The Morgan fingerprint density at radius 2 is 1.61 bits per heavy atom. The summed E-state index contributed by atoms with van der Waals surface area (Å²) in [5.74, 6) is 1.63. The van der Waals surface area contributed by atoms with Crippen LogP contribution in [-0.4, -0.2) is 5.97 Å². The van der Waals surface area contributed by atoms with Gasteiger partial charge in [0.15, 0.2) is 0 Å². The summed E-state index contributed by atoms with van der Waals surface area (Å²) in [5.41, 5.74) is 1.82. The zero-order valence-electron chi connectivity index (χ0n) is 17.3. The van der Waals surface area contributed by atoms with Crippen molar-refractivity contribution in [3.8, 4) is 11.5 Å². The molecule has 3 heteroatoms. The van der Waals surface area contributed by atoms with Gasteiger partial charge >= 0.3 is 5.97 Å². The predicted molar refractivity (Wildman–Crippen MR) is 114 cm³/mol. The minimum Gasteiger partial charge on any atom is -0.483 e. The summed E-state index contributed by atoms with van der Waals surface area (Å²) < 4.78 is 11.8. The Morgan fingerprint density at radius 3 is 2.21 bits per heavy atom. The first-order chi connectivity index (χ1) is 13.3. The summed E-state index contributed by atoms with van der Waals surface area (Å²) in [6.45, 7) is 9.96. The smallest absolute Gasteiger partial charge is 0.308 e. The lowest BCUT2D eigenvalue weighted by Crippen LogP contribution is -2.25. The van der Waals surface area contributed by atoms with E-state index in [4.69, 9.17) is 9.47 Å². The van der Waals surface area contributed by atoms with Crippen LogP contribution in [0.1, 0.15) is 58.1 Å². The lowest BCUT2D eigenvalue weighted by atomic mass is 9.91. The third-order valence-corrected chi connectivity index (χ3v) is 5.22. The second-order valence-electron chi connectivity index (χ2n) is 7.74. The van der Waals surface area contributed by atoms with Gasteiger partial charge in [-0.25, -0.2) is 0 Å². The molecule has 0 saturated carbocycles. The molecule has 3 nitrogen and oxygen atoms in total. The van der Waals surface area contributed by atoms with Crippen LogP contribution in [0.15, 0.2) is 60.7 Å². The first-order valence-corrected chi connectivity index (χ1v) is 9.81. The van der Waals surface area contributed by atoms with Crippen LogP contribution < -0.4 is 9.47 Å². The number of carbonyl (C=O) groups is 1. The minimum absolute atomic E-state index is 0.324. The predicted octanol–water partition coefficient (Wildman–Crippen LogP) is 6.59. The highest BCUT2D eigenvalue weighted by Crippen LogP contribution is 2.37. The maximum atomic E-state index is 11.4.